The van der Waals surface area contributed by atoms with Crippen LogP contribution in [0.2, 0.25) is 0 Å². The number of likely N-dealkylation sites (N-methyl/N-ethyl adjacent to an activating group) is 1. The van der Waals surface area contributed by atoms with Crippen molar-refractivity contribution in [3.05, 3.63) is 81.5 Å². The first-order valence-corrected chi connectivity index (χ1v) is 10.4. The molecule has 30 heavy (non-hydrogen) atoms. The van der Waals surface area contributed by atoms with E-state index in [-0.39, 0.29) is 17.5 Å². The molecule has 1 N–H and O–H groups in total. The predicted octanol–water partition coefficient (Wildman–Crippen LogP) is 2.93. The number of rotatable bonds is 2. The third-order valence-corrected chi connectivity index (χ3v) is 6.55. The number of aromatic nitrogens is 2. The van der Waals surface area contributed by atoms with Crippen LogP contribution in [0.1, 0.15) is 33.2 Å². The fourth-order valence-corrected chi connectivity index (χ4v) is 4.49. The summed E-state index contributed by atoms with van der Waals surface area (Å²) in [7, 11) is 4.52. The summed E-state index contributed by atoms with van der Waals surface area (Å²) in [6.45, 7) is 2.69. The fourth-order valence-electron chi connectivity index (χ4n) is 4.24. The Kier molecular flexibility index (Phi) is 4.49. The van der Waals surface area contributed by atoms with Crippen LogP contribution in [0.15, 0.2) is 53.6 Å². The van der Waals surface area contributed by atoms with Crippen LogP contribution >= 0.6 is 9.24 Å². The van der Waals surface area contributed by atoms with Gasteiger partial charge < -0.3 is 19.0 Å². The average molecular weight is 419 g/mol. The summed E-state index contributed by atoms with van der Waals surface area (Å²) in [5.41, 5.74) is 4.18. The number of nitrogens with one attached hydrogen (secondary N) is 1. The highest BCUT2D eigenvalue weighted by atomic mass is 31.0. The van der Waals surface area contributed by atoms with E-state index >= 15 is 0 Å². The summed E-state index contributed by atoms with van der Waals surface area (Å²) in [5.74, 6) is -0.0855. The lowest BCUT2D eigenvalue weighted by Gasteiger charge is -2.33. The van der Waals surface area contributed by atoms with Crippen LogP contribution in [-0.4, -0.2) is 33.8 Å². The molecule has 0 radical (unpaired) electrons. The molecule has 1 amide bonds. The van der Waals surface area contributed by atoms with Gasteiger partial charge in [-0.25, -0.2) is 0 Å². The Hall–Kier alpha value is -2.95. The Labute approximate surface area is 175 Å². The molecule has 1 aliphatic rings. The van der Waals surface area contributed by atoms with Gasteiger partial charge in [-0.2, -0.15) is 0 Å². The number of ether oxygens (including phenoxy) is 1. The minimum Gasteiger partial charge on any atom is -0.373 e. The SMILES string of the molecule is Cc1cc2c(=O)[nH]c3c(c2cc1P)C(N(C)C(=O)c1cc2ccccn2c1)COC3. The number of aromatic amines is 1. The van der Waals surface area contributed by atoms with Gasteiger partial charge >= 0.3 is 0 Å². The number of benzene rings is 1. The number of amides is 1. The molecule has 2 unspecified atom stereocenters. The van der Waals surface area contributed by atoms with Gasteiger partial charge in [0.2, 0.25) is 0 Å². The van der Waals surface area contributed by atoms with Crippen molar-refractivity contribution in [2.24, 2.45) is 0 Å². The monoisotopic (exact) mass is 419 g/mol. The van der Waals surface area contributed by atoms with Crippen LogP contribution in [0, 0.1) is 6.92 Å². The smallest absolute Gasteiger partial charge is 0.256 e. The Morgan fingerprint density at radius 3 is 2.90 bits per heavy atom. The molecule has 0 fully saturated rings. The van der Waals surface area contributed by atoms with E-state index in [0.29, 0.717) is 24.2 Å². The van der Waals surface area contributed by atoms with Crippen LogP contribution in [0.25, 0.3) is 16.3 Å². The van der Waals surface area contributed by atoms with Gasteiger partial charge in [-0.3, -0.25) is 9.59 Å². The van der Waals surface area contributed by atoms with Crippen molar-refractivity contribution in [1.29, 1.82) is 0 Å². The molecule has 5 rings (SSSR count). The van der Waals surface area contributed by atoms with Gasteiger partial charge in [0.05, 0.1) is 24.8 Å². The highest BCUT2D eigenvalue weighted by molar-refractivity contribution is 7.27. The number of hydrogen-bond acceptors (Lipinski definition) is 3. The second-order valence-corrected chi connectivity index (χ2v) is 8.43. The summed E-state index contributed by atoms with van der Waals surface area (Å²) in [4.78, 5) is 30.7. The van der Waals surface area contributed by atoms with Gasteiger partial charge in [-0.15, -0.1) is 9.24 Å². The number of pyridine rings is 2. The van der Waals surface area contributed by atoms with Crippen molar-refractivity contribution >= 4 is 36.7 Å². The number of carbonyl (C=O) groups excluding carboxylic acids is 1. The minimum absolute atomic E-state index is 0.0855. The zero-order chi connectivity index (χ0) is 21.0. The van der Waals surface area contributed by atoms with Crippen molar-refractivity contribution < 1.29 is 9.53 Å². The quantitative estimate of drug-likeness (QED) is 0.508. The van der Waals surface area contributed by atoms with E-state index in [4.69, 9.17) is 4.74 Å². The number of H-pyrrole nitrogens is 1. The van der Waals surface area contributed by atoms with Gasteiger partial charge in [0, 0.05) is 41.6 Å². The molecule has 2 atom stereocenters. The van der Waals surface area contributed by atoms with Crippen LogP contribution in [0.5, 0.6) is 0 Å². The molecule has 6 nitrogen and oxygen atoms in total. The number of hydrogen-bond donors (Lipinski definition) is 1. The molecular weight excluding hydrogens is 397 g/mol. The van der Waals surface area contributed by atoms with E-state index in [1.165, 1.54) is 0 Å². The van der Waals surface area contributed by atoms with Crippen molar-refractivity contribution in [3.8, 4) is 0 Å². The zero-order valence-electron chi connectivity index (χ0n) is 16.8. The van der Waals surface area contributed by atoms with Crippen molar-refractivity contribution in [2.45, 2.75) is 19.6 Å². The Balaban J connectivity index is 1.63. The standard InChI is InChI=1S/C23H22N3O3P/c1-13-7-17-16(9-20(13)30)21-18(24-22(17)27)11-29-12-19(21)25(2)23(28)14-8-15-5-3-4-6-26(15)10-14/h3-10,19H,11-12,30H2,1-2H3,(H,24,27). The molecule has 0 bridgehead atoms. The first-order valence-electron chi connectivity index (χ1n) is 9.80. The summed E-state index contributed by atoms with van der Waals surface area (Å²) < 4.78 is 7.69. The maximum absolute atomic E-state index is 13.3. The molecule has 1 aromatic carbocycles. The topological polar surface area (TPSA) is 66.8 Å². The van der Waals surface area contributed by atoms with Crippen molar-refractivity contribution in [2.75, 3.05) is 13.7 Å². The zero-order valence-corrected chi connectivity index (χ0v) is 18.0. The molecule has 0 saturated carbocycles. The Morgan fingerprint density at radius 1 is 1.27 bits per heavy atom. The van der Waals surface area contributed by atoms with Gasteiger partial charge in [0.15, 0.2) is 0 Å². The van der Waals surface area contributed by atoms with Crippen LogP contribution in [-0.2, 0) is 11.3 Å². The Bertz CT molecular complexity index is 1340. The molecule has 0 spiro atoms. The largest absolute Gasteiger partial charge is 0.373 e. The van der Waals surface area contributed by atoms with Gasteiger partial charge in [-0.05, 0) is 53.5 Å². The van der Waals surface area contributed by atoms with Crippen molar-refractivity contribution in [1.82, 2.24) is 14.3 Å². The van der Waals surface area contributed by atoms with E-state index in [9.17, 15) is 9.59 Å². The van der Waals surface area contributed by atoms with E-state index < -0.39 is 0 Å². The van der Waals surface area contributed by atoms with E-state index in [0.717, 1.165) is 33.0 Å². The predicted molar refractivity (Wildman–Crippen MR) is 121 cm³/mol. The summed E-state index contributed by atoms with van der Waals surface area (Å²) >= 11 is 0. The molecule has 7 heteroatoms. The molecule has 3 aromatic heterocycles. The number of carbonyl (C=O) groups is 1. The second-order valence-electron chi connectivity index (χ2n) is 7.81. The highest BCUT2D eigenvalue weighted by Gasteiger charge is 2.31. The van der Waals surface area contributed by atoms with Crippen LogP contribution in [0.3, 0.4) is 0 Å². The van der Waals surface area contributed by atoms with E-state index in [1.54, 1.807) is 11.9 Å². The van der Waals surface area contributed by atoms with E-state index in [1.807, 2.05) is 60.1 Å². The first-order chi connectivity index (χ1) is 14.4. The van der Waals surface area contributed by atoms with Gasteiger partial charge in [0.1, 0.15) is 0 Å². The van der Waals surface area contributed by atoms with E-state index in [2.05, 4.69) is 14.2 Å². The second kappa shape index (κ2) is 7.08. The third-order valence-electron chi connectivity index (χ3n) is 5.93. The summed E-state index contributed by atoms with van der Waals surface area (Å²) in [6, 6.07) is 11.4. The highest BCUT2D eigenvalue weighted by Crippen LogP contribution is 2.33. The molecule has 0 saturated heterocycles. The van der Waals surface area contributed by atoms with Crippen LogP contribution in [0.4, 0.5) is 0 Å². The molecule has 4 heterocycles. The average Bonchev–Trinajstić information content (AvgIpc) is 3.18. The molecule has 1 aliphatic heterocycles. The first kappa shape index (κ1) is 19.0. The lowest BCUT2D eigenvalue weighted by molar-refractivity contribution is 0.0336. The molecular formula is C23H22N3O3P. The van der Waals surface area contributed by atoms with Gasteiger partial charge in [-0.1, -0.05) is 6.07 Å². The maximum atomic E-state index is 13.3. The molecule has 0 aliphatic carbocycles. The minimum atomic E-state index is -0.296. The maximum Gasteiger partial charge on any atom is 0.256 e. The van der Waals surface area contributed by atoms with Crippen LogP contribution < -0.4 is 10.9 Å². The number of nitrogens with zero attached hydrogens (tertiary/aromatic N) is 2. The normalized spacial score (nSPS) is 16.0. The number of fused-ring (bicyclic) bond motifs is 4. The summed E-state index contributed by atoms with van der Waals surface area (Å²) in [6.07, 6.45) is 3.76. The molecule has 4 aromatic rings. The molecule has 152 valence electrons. The summed E-state index contributed by atoms with van der Waals surface area (Å²) in [5, 5.41) is 2.55. The van der Waals surface area contributed by atoms with Gasteiger partial charge in [0.25, 0.3) is 11.5 Å². The lowest BCUT2D eigenvalue weighted by Crippen LogP contribution is -2.37. The Morgan fingerprint density at radius 2 is 2.10 bits per heavy atom. The fraction of sp³-hybridized carbons (Fsp3) is 0.217. The third kappa shape index (κ3) is 2.95. The van der Waals surface area contributed by atoms with Crippen molar-refractivity contribution in [3.63, 3.8) is 0 Å². The number of aryl methyl sites for hydroxylation is 1. The lowest BCUT2D eigenvalue weighted by atomic mass is 9.94.